The highest BCUT2D eigenvalue weighted by molar-refractivity contribution is 7.99. The van der Waals surface area contributed by atoms with Crippen LogP contribution in [-0.4, -0.2) is 11.5 Å². The van der Waals surface area contributed by atoms with E-state index in [0.717, 1.165) is 10.5 Å². The summed E-state index contributed by atoms with van der Waals surface area (Å²) in [4.78, 5) is 11.5. The fourth-order valence-electron chi connectivity index (χ4n) is 1.69. The molecule has 0 N–H and O–H groups in total. The maximum atomic E-state index is 10.8. The molecule has 2 aromatic rings. The third kappa shape index (κ3) is 4.26. The van der Waals surface area contributed by atoms with Gasteiger partial charge in [-0.15, -0.1) is 11.8 Å². The average Bonchev–Trinajstić information content (AvgIpc) is 2.41. The zero-order valence-corrected chi connectivity index (χ0v) is 11.6. The van der Waals surface area contributed by atoms with E-state index < -0.39 is 0 Å². The number of halogens is 1. The van der Waals surface area contributed by atoms with Crippen LogP contribution in [0.25, 0.3) is 0 Å². The second-order valence-electron chi connectivity index (χ2n) is 3.99. The lowest BCUT2D eigenvalue weighted by Crippen LogP contribution is -2.09. The van der Waals surface area contributed by atoms with Gasteiger partial charge in [0, 0.05) is 14.8 Å². The van der Waals surface area contributed by atoms with Crippen LogP contribution >= 0.6 is 23.4 Å². The Kier molecular flexibility index (Phi) is 4.82. The minimum absolute atomic E-state index is 0.0999. The first-order chi connectivity index (χ1) is 9.15. The van der Waals surface area contributed by atoms with Gasteiger partial charge in [0.2, 0.25) is 6.54 Å². The van der Waals surface area contributed by atoms with E-state index in [0.29, 0.717) is 5.02 Å². The summed E-state index contributed by atoms with van der Waals surface area (Å²) in [5.41, 5.74) is 0.958. The molecule has 0 saturated carbocycles. The lowest BCUT2D eigenvalue weighted by atomic mass is 10.1. The SMILES string of the molecule is O=[N+]([O-])CC(Sc1ccc(Cl)cc1)c1ccccc1. The van der Waals surface area contributed by atoms with Crippen LogP contribution in [0.4, 0.5) is 0 Å². The second-order valence-corrected chi connectivity index (χ2v) is 5.70. The third-order valence-corrected chi connectivity index (χ3v) is 4.08. The summed E-state index contributed by atoms with van der Waals surface area (Å²) in [6.45, 7) is -0.0999. The van der Waals surface area contributed by atoms with Crippen molar-refractivity contribution >= 4 is 23.4 Å². The molecule has 0 heterocycles. The van der Waals surface area contributed by atoms with E-state index in [1.165, 1.54) is 11.8 Å². The number of rotatable bonds is 5. The molecular weight excluding hydrogens is 282 g/mol. The van der Waals surface area contributed by atoms with E-state index in [-0.39, 0.29) is 16.7 Å². The van der Waals surface area contributed by atoms with Gasteiger partial charge in [0.1, 0.15) is 0 Å². The summed E-state index contributed by atoms with van der Waals surface area (Å²) in [5, 5.41) is 11.3. The number of hydrogen-bond acceptors (Lipinski definition) is 3. The molecular formula is C14H12ClNO2S. The summed E-state index contributed by atoms with van der Waals surface area (Å²) in [7, 11) is 0. The third-order valence-electron chi connectivity index (χ3n) is 2.58. The molecule has 1 unspecified atom stereocenters. The summed E-state index contributed by atoms with van der Waals surface area (Å²) < 4.78 is 0. The van der Waals surface area contributed by atoms with E-state index in [2.05, 4.69) is 0 Å². The van der Waals surface area contributed by atoms with Gasteiger partial charge < -0.3 is 0 Å². The first kappa shape index (κ1) is 13.9. The zero-order chi connectivity index (χ0) is 13.7. The highest BCUT2D eigenvalue weighted by Crippen LogP contribution is 2.35. The van der Waals surface area contributed by atoms with Gasteiger partial charge >= 0.3 is 0 Å². The first-order valence-corrected chi connectivity index (χ1v) is 7.00. The predicted octanol–water partition coefficient (Wildman–Crippen LogP) is 4.45. The van der Waals surface area contributed by atoms with Crippen molar-refractivity contribution in [2.75, 3.05) is 6.54 Å². The van der Waals surface area contributed by atoms with Crippen LogP contribution in [0, 0.1) is 10.1 Å². The molecule has 0 fully saturated rings. The molecule has 0 aliphatic heterocycles. The van der Waals surface area contributed by atoms with Crippen molar-refractivity contribution in [3.63, 3.8) is 0 Å². The molecule has 2 rings (SSSR count). The smallest absolute Gasteiger partial charge is 0.220 e. The van der Waals surface area contributed by atoms with Crippen molar-refractivity contribution in [3.05, 3.63) is 75.3 Å². The van der Waals surface area contributed by atoms with Crippen molar-refractivity contribution in [2.45, 2.75) is 10.1 Å². The molecule has 98 valence electrons. The quantitative estimate of drug-likeness (QED) is 0.465. The average molecular weight is 294 g/mol. The molecule has 0 amide bonds. The molecule has 2 aromatic carbocycles. The van der Waals surface area contributed by atoms with Crippen LogP contribution in [0.2, 0.25) is 5.02 Å². The Labute approximate surface area is 120 Å². The maximum Gasteiger partial charge on any atom is 0.220 e. The fourth-order valence-corrected chi connectivity index (χ4v) is 2.93. The molecule has 3 nitrogen and oxygen atoms in total. The van der Waals surface area contributed by atoms with E-state index in [9.17, 15) is 10.1 Å². The van der Waals surface area contributed by atoms with Crippen LogP contribution in [0.1, 0.15) is 10.8 Å². The minimum Gasteiger partial charge on any atom is -0.264 e. The first-order valence-electron chi connectivity index (χ1n) is 5.74. The monoisotopic (exact) mass is 293 g/mol. The van der Waals surface area contributed by atoms with Crippen molar-refractivity contribution < 1.29 is 4.92 Å². The van der Waals surface area contributed by atoms with Crippen LogP contribution in [-0.2, 0) is 0 Å². The highest BCUT2D eigenvalue weighted by Gasteiger charge is 2.18. The minimum atomic E-state index is -0.277. The number of benzene rings is 2. The standard InChI is InChI=1S/C14H12ClNO2S/c15-12-6-8-13(9-7-12)19-14(10-16(17)18)11-4-2-1-3-5-11/h1-9,14H,10H2. The predicted molar refractivity (Wildman–Crippen MR) is 78.4 cm³/mol. The van der Waals surface area contributed by atoms with Gasteiger partial charge in [0.25, 0.3) is 0 Å². The molecule has 1 atom stereocenters. The Bertz CT molecular complexity index is 545. The molecule has 5 heteroatoms. The summed E-state index contributed by atoms with van der Waals surface area (Å²) in [5.74, 6) is 0. The van der Waals surface area contributed by atoms with Gasteiger partial charge in [-0.1, -0.05) is 41.9 Å². The topological polar surface area (TPSA) is 43.1 Å². The number of thioether (sulfide) groups is 1. The van der Waals surface area contributed by atoms with Gasteiger partial charge in [0.05, 0.1) is 5.25 Å². The van der Waals surface area contributed by atoms with Crippen molar-refractivity contribution in [2.24, 2.45) is 0 Å². The Morgan fingerprint density at radius 1 is 1.11 bits per heavy atom. The maximum absolute atomic E-state index is 10.8. The molecule has 0 aliphatic rings. The van der Waals surface area contributed by atoms with Crippen molar-refractivity contribution in [1.82, 2.24) is 0 Å². The Morgan fingerprint density at radius 2 is 1.74 bits per heavy atom. The van der Waals surface area contributed by atoms with E-state index in [1.54, 1.807) is 12.1 Å². The van der Waals surface area contributed by atoms with Crippen molar-refractivity contribution in [1.29, 1.82) is 0 Å². The number of nitrogens with zero attached hydrogens (tertiary/aromatic N) is 1. The summed E-state index contributed by atoms with van der Waals surface area (Å²) in [6.07, 6.45) is 0. The van der Waals surface area contributed by atoms with Crippen LogP contribution in [0.3, 0.4) is 0 Å². The van der Waals surface area contributed by atoms with Crippen LogP contribution in [0.5, 0.6) is 0 Å². The molecule has 0 aliphatic carbocycles. The van der Waals surface area contributed by atoms with E-state index >= 15 is 0 Å². The van der Waals surface area contributed by atoms with Gasteiger partial charge in [-0.25, -0.2) is 0 Å². The lowest BCUT2D eigenvalue weighted by molar-refractivity contribution is -0.479. The molecule has 0 saturated heterocycles. The van der Waals surface area contributed by atoms with Gasteiger partial charge in [0.15, 0.2) is 0 Å². The Hall–Kier alpha value is -1.52. The lowest BCUT2D eigenvalue weighted by Gasteiger charge is -2.13. The van der Waals surface area contributed by atoms with Gasteiger partial charge in [-0.05, 0) is 29.8 Å². The van der Waals surface area contributed by atoms with Crippen LogP contribution < -0.4 is 0 Å². The molecule has 19 heavy (non-hydrogen) atoms. The summed E-state index contributed by atoms with van der Waals surface area (Å²) >= 11 is 7.31. The second kappa shape index (κ2) is 6.59. The number of nitro groups is 1. The largest absolute Gasteiger partial charge is 0.264 e. The molecule has 0 spiro atoms. The fraction of sp³-hybridized carbons (Fsp3) is 0.143. The Balaban J connectivity index is 2.19. The Morgan fingerprint density at radius 3 is 2.32 bits per heavy atom. The van der Waals surface area contributed by atoms with Gasteiger partial charge in [-0.3, -0.25) is 10.1 Å². The zero-order valence-electron chi connectivity index (χ0n) is 10.0. The number of hydrogen-bond donors (Lipinski definition) is 0. The molecule has 0 radical (unpaired) electrons. The summed E-state index contributed by atoms with van der Waals surface area (Å²) in [6, 6.07) is 16.9. The molecule has 0 aromatic heterocycles. The van der Waals surface area contributed by atoms with E-state index in [1.807, 2.05) is 42.5 Å². The normalized spacial score (nSPS) is 12.1. The van der Waals surface area contributed by atoms with Crippen LogP contribution in [0.15, 0.2) is 59.5 Å². The highest BCUT2D eigenvalue weighted by atomic mass is 35.5. The molecule has 0 bridgehead atoms. The van der Waals surface area contributed by atoms with Gasteiger partial charge in [-0.2, -0.15) is 0 Å². The van der Waals surface area contributed by atoms with Crippen molar-refractivity contribution in [3.8, 4) is 0 Å². The van der Waals surface area contributed by atoms with E-state index in [4.69, 9.17) is 11.6 Å².